The third-order valence-electron chi connectivity index (χ3n) is 4.38. The molecule has 8 heteroatoms. The van der Waals surface area contributed by atoms with Gasteiger partial charge in [-0.15, -0.1) is 0 Å². The molecule has 6 nitrogen and oxygen atoms in total. The number of carbonyl (C=O) groups excluding carboxylic acids is 1. The summed E-state index contributed by atoms with van der Waals surface area (Å²) < 4.78 is 39.7. The van der Waals surface area contributed by atoms with E-state index in [-0.39, 0.29) is 5.97 Å². The van der Waals surface area contributed by atoms with Crippen LogP contribution in [0.25, 0.3) is 5.57 Å². The Labute approximate surface area is 168 Å². The zero-order valence-corrected chi connectivity index (χ0v) is 16.3. The Morgan fingerprint density at radius 3 is 2.41 bits per heavy atom. The fourth-order valence-corrected chi connectivity index (χ4v) is 3.24. The molecule has 1 aliphatic heterocycles. The fourth-order valence-electron chi connectivity index (χ4n) is 3.24. The van der Waals surface area contributed by atoms with Crippen molar-refractivity contribution in [3.8, 4) is 5.75 Å². The molecule has 29 heavy (non-hydrogen) atoms. The maximum absolute atomic E-state index is 12.9. The first-order valence-electron chi connectivity index (χ1n) is 8.63. The molecule has 1 aliphatic carbocycles. The number of para-hydroxylation sites is 2. The van der Waals surface area contributed by atoms with Crippen LogP contribution in [0.4, 0.5) is 9.57 Å². The summed E-state index contributed by atoms with van der Waals surface area (Å²) in [5, 5.41) is 0. The average molecular weight is 415 g/mol. The van der Waals surface area contributed by atoms with Gasteiger partial charge in [-0.1, -0.05) is 52.4 Å². The summed E-state index contributed by atoms with van der Waals surface area (Å²) in [4.78, 5) is 15.1. The third kappa shape index (κ3) is 4.98. The van der Waals surface area contributed by atoms with Gasteiger partial charge in [-0.25, -0.2) is 4.79 Å². The summed E-state index contributed by atoms with van der Waals surface area (Å²) in [6.45, 7) is 0. The van der Waals surface area contributed by atoms with Gasteiger partial charge in [0.15, 0.2) is 0 Å². The third-order valence-corrected chi connectivity index (χ3v) is 4.38. The van der Waals surface area contributed by atoms with Gasteiger partial charge in [0.25, 0.3) is 0 Å². The fraction of sp³-hybridized carbons (Fsp3) is 0.0952. The molecular weight excluding hydrogens is 397 g/mol. The molecule has 1 N–H and O–H groups in total. The largest absolute Gasteiger partial charge is 0.435 e. The lowest BCUT2D eigenvalue weighted by atomic mass is 9.87. The number of hydrogen-bond acceptors (Lipinski definition) is 5. The molecule has 2 aliphatic rings. The van der Waals surface area contributed by atoms with Crippen molar-refractivity contribution < 1.29 is 26.4 Å². The van der Waals surface area contributed by atoms with Gasteiger partial charge in [0, 0.05) is 24.0 Å². The quantitative estimate of drug-likeness (QED) is 0.344. The maximum Gasteiger partial charge on any atom is 0.435 e. The van der Waals surface area contributed by atoms with Crippen molar-refractivity contribution in [3.63, 3.8) is 0 Å². The molecule has 0 saturated heterocycles. The van der Waals surface area contributed by atoms with Crippen molar-refractivity contribution >= 4 is 27.7 Å². The summed E-state index contributed by atoms with van der Waals surface area (Å²) in [6, 6.07) is 17.2. The van der Waals surface area contributed by atoms with Gasteiger partial charge in [0.2, 0.25) is 0 Å². The Bertz CT molecular complexity index is 1110. The van der Waals surface area contributed by atoms with Crippen molar-refractivity contribution in [2.75, 3.05) is 11.9 Å². The lowest BCUT2D eigenvalue weighted by molar-refractivity contribution is -0.128. The Kier molecular flexibility index (Phi) is 5.95. The number of allylic oxidation sites excluding steroid dienone is 4. The van der Waals surface area contributed by atoms with Crippen LogP contribution in [-0.2, 0) is 15.3 Å². The number of halogens is 1. The van der Waals surface area contributed by atoms with E-state index < -0.39 is 10.5 Å². The Balaban J connectivity index is 0.000000431. The van der Waals surface area contributed by atoms with Crippen LogP contribution in [0.5, 0.6) is 5.75 Å². The second-order valence-electron chi connectivity index (χ2n) is 6.23. The highest BCUT2D eigenvalue weighted by Gasteiger charge is 2.31. The van der Waals surface area contributed by atoms with Gasteiger partial charge in [-0.2, -0.15) is 8.42 Å². The average Bonchev–Trinajstić information content (AvgIpc) is 2.68. The van der Waals surface area contributed by atoms with E-state index in [1.165, 1.54) is 0 Å². The lowest BCUT2D eigenvalue weighted by Crippen LogP contribution is -2.27. The molecule has 0 bridgehead atoms. The zero-order valence-electron chi connectivity index (χ0n) is 15.4. The van der Waals surface area contributed by atoms with E-state index in [1.807, 2.05) is 61.7 Å². The predicted octanol–water partition coefficient (Wildman–Crippen LogP) is 4.10. The molecule has 0 radical (unpaired) electrons. The highest BCUT2D eigenvalue weighted by molar-refractivity contribution is 7.80. The van der Waals surface area contributed by atoms with Crippen LogP contribution >= 0.6 is 0 Å². The molecule has 0 aromatic heterocycles. The first kappa shape index (κ1) is 20.5. The van der Waals surface area contributed by atoms with Crippen LogP contribution in [-0.4, -0.2) is 26.0 Å². The summed E-state index contributed by atoms with van der Waals surface area (Å²) in [5.41, 5.74) is 4.66. The topological polar surface area (TPSA) is 83.9 Å². The number of carbonyl (C=O) groups is 1. The summed E-state index contributed by atoms with van der Waals surface area (Å²) in [7, 11) is -3.14. The predicted molar refractivity (Wildman–Crippen MR) is 108 cm³/mol. The van der Waals surface area contributed by atoms with Crippen molar-refractivity contribution in [2.45, 2.75) is 6.42 Å². The van der Waals surface area contributed by atoms with E-state index in [0.29, 0.717) is 11.3 Å². The number of rotatable bonds is 2. The second kappa shape index (κ2) is 8.42. The highest BCUT2D eigenvalue weighted by atomic mass is 32.3. The second-order valence-corrected chi connectivity index (χ2v) is 7.05. The van der Waals surface area contributed by atoms with E-state index in [2.05, 4.69) is 11.0 Å². The van der Waals surface area contributed by atoms with Gasteiger partial charge in [-0.3, -0.25) is 4.55 Å². The molecule has 0 fully saturated rings. The molecule has 1 heterocycles. The smallest absolute Gasteiger partial charge is 0.423 e. The van der Waals surface area contributed by atoms with Gasteiger partial charge < -0.3 is 9.64 Å². The molecule has 4 rings (SSSR count). The number of esters is 1. The molecular formula is C21H18FNO5S. The van der Waals surface area contributed by atoms with Gasteiger partial charge in [0.1, 0.15) is 5.75 Å². The van der Waals surface area contributed by atoms with Crippen molar-refractivity contribution in [3.05, 3.63) is 89.7 Å². The number of fused-ring (bicyclic) bond motifs is 2. The number of likely N-dealkylation sites (N-methyl/N-ethyl adjacent to an activating group) is 1. The molecule has 0 atom stereocenters. The van der Waals surface area contributed by atoms with Crippen LogP contribution in [0.2, 0.25) is 0 Å². The summed E-state index contributed by atoms with van der Waals surface area (Å²) >= 11 is 0. The Hall–Kier alpha value is -3.23. The standard InChI is InChI=1S/C21H17NO2.FHO3S/c1-22-18-13-7-5-11-16(18)20(17-12-6-8-14-19(17)22)21(23)24-15-9-3-2-4-10-15;1-5(2,3)4/h2-11,13-14H,12H2,1H3;(H,2,3,4). The van der Waals surface area contributed by atoms with E-state index in [0.717, 1.165) is 28.9 Å². The first-order valence-corrected chi connectivity index (χ1v) is 9.97. The van der Waals surface area contributed by atoms with Crippen molar-refractivity contribution in [2.24, 2.45) is 0 Å². The van der Waals surface area contributed by atoms with Gasteiger partial charge in [0.05, 0.1) is 5.57 Å². The minimum atomic E-state index is -5.17. The van der Waals surface area contributed by atoms with Crippen LogP contribution in [0, 0.1) is 0 Å². The Morgan fingerprint density at radius 2 is 1.72 bits per heavy atom. The summed E-state index contributed by atoms with van der Waals surface area (Å²) in [5.74, 6) is 0.252. The Morgan fingerprint density at radius 1 is 1.10 bits per heavy atom. The molecule has 150 valence electrons. The van der Waals surface area contributed by atoms with E-state index in [1.54, 1.807) is 12.1 Å². The number of ether oxygens (including phenoxy) is 1. The van der Waals surface area contributed by atoms with Crippen LogP contribution in [0.3, 0.4) is 0 Å². The molecule has 0 saturated carbocycles. The lowest BCUT2D eigenvalue weighted by Gasteiger charge is -2.34. The zero-order chi connectivity index (χ0) is 21.0. The van der Waals surface area contributed by atoms with E-state index >= 15 is 0 Å². The van der Waals surface area contributed by atoms with Crippen LogP contribution in [0.15, 0.2) is 84.1 Å². The van der Waals surface area contributed by atoms with Crippen LogP contribution in [0.1, 0.15) is 12.0 Å². The maximum atomic E-state index is 12.9. The van der Waals surface area contributed by atoms with Crippen LogP contribution < -0.4 is 9.64 Å². The molecule has 2 aromatic rings. The van der Waals surface area contributed by atoms with Crippen molar-refractivity contribution in [1.29, 1.82) is 0 Å². The number of benzene rings is 2. The highest BCUT2D eigenvalue weighted by Crippen LogP contribution is 2.42. The molecule has 0 amide bonds. The van der Waals surface area contributed by atoms with Gasteiger partial charge >= 0.3 is 16.5 Å². The minimum Gasteiger partial charge on any atom is -0.423 e. The normalized spacial score (nSPS) is 14.9. The number of nitrogens with zero attached hydrogens (tertiary/aromatic N) is 1. The monoisotopic (exact) mass is 415 g/mol. The van der Waals surface area contributed by atoms with E-state index in [4.69, 9.17) is 17.7 Å². The van der Waals surface area contributed by atoms with Gasteiger partial charge in [-0.05, 0) is 36.3 Å². The van der Waals surface area contributed by atoms with E-state index in [9.17, 15) is 8.68 Å². The first-order chi connectivity index (χ1) is 13.8. The minimum absolute atomic E-state index is 0.307. The number of hydrogen-bond donors (Lipinski definition) is 1. The SMILES string of the molecule is CN1C2=CC=CCC2=C(C(=O)Oc2ccccc2)c2ccccc21.O=S(=O)(O)F. The molecule has 2 aromatic carbocycles. The molecule has 0 spiro atoms. The van der Waals surface area contributed by atoms with Crippen molar-refractivity contribution in [1.82, 2.24) is 0 Å². The summed E-state index contributed by atoms with van der Waals surface area (Å²) in [6.07, 6.45) is 6.87. The molecule has 0 unspecified atom stereocenters. The number of anilines is 1.